The van der Waals surface area contributed by atoms with Crippen LogP contribution in [-0.2, 0) is 31.9 Å². The number of aromatic nitrogens is 4. The zero-order valence-corrected chi connectivity index (χ0v) is 30.7. The average Bonchev–Trinajstić information content (AvgIpc) is 3.81. The molecule has 0 atom stereocenters. The van der Waals surface area contributed by atoms with Crippen LogP contribution in [0.25, 0.3) is 55.5 Å². The van der Waals surface area contributed by atoms with E-state index >= 15 is 0 Å². The summed E-state index contributed by atoms with van der Waals surface area (Å²) < 4.78 is 10.1. The van der Waals surface area contributed by atoms with Gasteiger partial charge in [0.15, 0.2) is 0 Å². The van der Waals surface area contributed by atoms with Gasteiger partial charge in [-0.1, -0.05) is 30.3 Å². The fourth-order valence-electron chi connectivity index (χ4n) is 7.34. The number of carbonyl (C=O) groups excluding carboxylic acids is 2. The maximum absolute atomic E-state index is 12.5. The van der Waals surface area contributed by atoms with Crippen molar-refractivity contribution in [2.75, 3.05) is 27.4 Å². The lowest BCUT2D eigenvalue weighted by atomic mass is 9.90. The number of fused-ring (bicyclic) bond motifs is 8. The highest BCUT2D eigenvalue weighted by molar-refractivity contribution is 6.03. The van der Waals surface area contributed by atoms with Crippen LogP contribution in [0, 0.1) is 13.8 Å². The Morgan fingerprint density at radius 2 is 1.08 bits per heavy atom. The molecule has 5 heterocycles. The molecule has 10 nitrogen and oxygen atoms in total. The lowest BCUT2D eigenvalue weighted by Crippen LogP contribution is -2.02. The second-order valence-electron chi connectivity index (χ2n) is 13.3. The lowest BCUT2D eigenvalue weighted by Gasteiger charge is -2.13. The number of aryl methyl sites for hydroxylation is 2. The number of aromatic amines is 2. The highest BCUT2D eigenvalue weighted by Gasteiger charge is 2.28. The summed E-state index contributed by atoms with van der Waals surface area (Å²) in [6.07, 6.45) is 2.01. The minimum absolute atomic E-state index is 0.0201. The van der Waals surface area contributed by atoms with Crippen molar-refractivity contribution in [1.82, 2.24) is 19.9 Å². The van der Waals surface area contributed by atoms with Gasteiger partial charge in [-0.3, -0.25) is 9.59 Å². The van der Waals surface area contributed by atoms with Crippen LogP contribution >= 0.6 is 0 Å². The third kappa shape index (κ3) is 6.96. The fourth-order valence-corrected chi connectivity index (χ4v) is 7.34. The second kappa shape index (κ2) is 15.5. The fraction of sp³-hybridized carbons (Fsp3) is 0.333. The molecule has 0 saturated carbocycles. The van der Waals surface area contributed by atoms with Gasteiger partial charge in [-0.15, -0.1) is 0 Å². The molecule has 6 rings (SSSR count). The number of ether oxygens (including phenoxy) is 2. The number of rotatable bonds is 11. The van der Waals surface area contributed by atoms with Crippen LogP contribution in [0.5, 0.6) is 0 Å². The Labute approximate surface area is 303 Å². The Morgan fingerprint density at radius 3 is 1.48 bits per heavy atom. The molecule has 270 valence electrons. The van der Waals surface area contributed by atoms with Crippen LogP contribution in [0.1, 0.15) is 84.6 Å². The number of nitrogens with one attached hydrogen (secondary N) is 2. The van der Waals surface area contributed by atoms with Gasteiger partial charge >= 0.3 is 11.9 Å². The second-order valence-corrected chi connectivity index (χ2v) is 13.3. The van der Waals surface area contributed by atoms with Crippen LogP contribution in [0.15, 0.2) is 48.5 Å². The normalized spacial score (nSPS) is 12.8. The molecule has 4 aromatic rings. The van der Waals surface area contributed by atoms with Crippen molar-refractivity contribution < 1.29 is 29.3 Å². The van der Waals surface area contributed by atoms with Crippen molar-refractivity contribution >= 4 is 56.3 Å². The van der Waals surface area contributed by atoms with Crippen LogP contribution in [0.2, 0.25) is 0 Å². The van der Waals surface area contributed by atoms with E-state index in [2.05, 4.69) is 16.0 Å². The smallest absolute Gasteiger partial charge is 0.305 e. The van der Waals surface area contributed by atoms with Crippen molar-refractivity contribution in [2.24, 2.45) is 0 Å². The quantitative estimate of drug-likeness (QED) is 0.118. The van der Waals surface area contributed by atoms with Crippen LogP contribution < -0.4 is 0 Å². The number of carbonyl (C=O) groups is 2. The molecule has 8 bridgehead atoms. The maximum atomic E-state index is 12.5. The van der Waals surface area contributed by atoms with Crippen molar-refractivity contribution in [3.8, 4) is 11.1 Å². The Hall–Kier alpha value is -5.32. The van der Waals surface area contributed by atoms with Gasteiger partial charge in [0.2, 0.25) is 0 Å². The Bertz CT molecular complexity index is 2140. The molecule has 2 aliphatic heterocycles. The number of hydrogen-bond donors (Lipinski definition) is 4. The predicted octanol–water partition coefficient (Wildman–Crippen LogP) is 7.44. The van der Waals surface area contributed by atoms with E-state index < -0.39 is 0 Å². The molecular weight excluding hydrogens is 656 g/mol. The standard InChI is InChI=1S/C42H46N4O6/c1-23-28(16-18-47)36-21-34-25(3)30(12-14-38(49)51-5)41(45-34)40(27-10-8-7-9-11-27)42-31(13-15-39(50)52-6)26(4)35(46-42)22-37-29(17-19-48)24(2)33(44-37)20-32(23)43-36/h7-11,20-22,43-44,47-48H,12-19H2,1-6H3. The molecular formula is C42H46N4O6. The van der Waals surface area contributed by atoms with Crippen molar-refractivity contribution in [1.29, 1.82) is 0 Å². The molecule has 0 spiro atoms. The number of nitrogens with zero attached hydrogens (tertiary/aromatic N) is 2. The SMILES string of the molecule is COC(=O)CCC1=C(C)c2cc3[nH]c(cc4[nH]c(cc5nc(c(-c6ccccc6)c1n2)C(CCC(=O)OC)=C5C)c(CCO)c4C)c(C)c3CCO. The summed E-state index contributed by atoms with van der Waals surface area (Å²) >= 11 is 0. The average molecular weight is 703 g/mol. The molecule has 0 amide bonds. The number of H-pyrrole nitrogens is 2. The topological polar surface area (TPSA) is 150 Å². The lowest BCUT2D eigenvalue weighted by molar-refractivity contribution is -0.141. The highest BCUT2D eigenvalue weighted by Crippen LogP contribution is 2.44. The first-order chi connectivity index (χ1) is 25.1. The van der Waals surface area contributed by atoms with Gasteiger partial charge < -0.3 is 29.7 Å². The number of aliphatic hydroxyl groups excluding tert-OH is 2. The first-order valence-electron chi connectivity index (χ1n) is 17.7. The van der Waals surface area contributed by atoms with Gasteiger partial charge in [-0.2, -0.15) is 0 Å². The van der Waals surface area contributed by atoms with E-state index in [0.717, 1.165) is 89.1 Å². The van der Waals surface area contributed by atoms with E-state index in [-0.39, 0.29) is 38.0 Å². The number of methoxy groups -OCH3 is 2. The largest absolute Gasteiger partial charge is 0.469 e. The zero-order chi connectivity index (χ0) is 37.1. The molecule has 3 aromatic heterocycles. The summed E-state index contributed by atoms with van der Waals surface area (Å²) in [6.45, 7) is 8.10. The monoisotopic (exact) mass is 702 g/mol. The Balaban J connectivity index is 1.83. The molecule has 0 saturated heterocycles. The van der Waals surface area contributed by atoms with E-state index in [1.54, 1.807) is 0 Å². The molecule has 2 aliphatic rings. The first-order valence-corrected chi connectivity index (χ1v) is 17.7. The number of aliphatic hydroxyl groups is 2. The van der Waals surface area contributed by atoms with E-state index in [1.807, 2.05) is 70.2 Å². The molecule has 1 aromatic carbocycles. The van der Waals surface area contributed by atoms with Gasteiger partial charge in [0, 0.05) is 53.7 Å². The number of benzene rings is 1. The molecule has 0 fully saturated rings. The van der Waals surface area contributed by atoms with Gasteiger partial charge in [0.05, 0.1) is 37.0 Å². The molecule has 4 N–H and O–H groups in total. The van der Waals surface area contributed by atoms with Gasteiger partial charge in [-0.05, 0) is 122 Å². The molecule has 0 unspecified atom stereocenters. The minimum atomic E-state index is -0.320. The minimum Gasteiger partial charge on any atom is -0.469 e. The van der Waals surface area contributed by atoms with Crippen molar-refractivity contribution in [3.05, 3.63) is 93.6 Å². The van der Waals surface area contributed by atoms with Crippen LogP contribution in [0.3, 0.4) is 0 Å². The van der Waals surface area contributed by atoms with E-state index in [9.17, 15) is 19.8 Å². The number of allylic oxidation sites excluding steroid dienone is 4. The molecule has 0 aliphatic carbocycles. The summed E-state index contributed by atoms with van der Waals surface area (Å²) in [6, 6.07) is 16.1. The number of esters is 2. The predicted molar refractivity (Wildman–Crippen MR) is 205 cm³/mol. The van der Waals surface area contributed by atoms with E-state index in [4.69, 9.17) is 19.4 Å². The van der Waals surface area contributed by atoms with E-state index in [0.29, 0.717) is 37.1 Å². The van der Waals surface area contributed by atoms with Crippen LogP contribution in [0.4, 0.5) is 0 Å². The van der Waals surface area contributed by atoms with Gasteiger partial charge in [0.1, 0.15) is 0 Å². The first kappa shape index (κ1) is 36.5. The third-order valence-electron chi connectivity index (χ3n) is 10.3. The third-order valence-corrected chi connectivity index (χ3v) is 10.3. The summed E-state index contributed by atoms with van der Waals surface area (Å²) in [7, 11) is 2.78. The molecule has 10 heteroatoms. The Morgan fingerprint density at radius 1 is 0.635 bits per heavy atom. The van der Waals surface area contributed by atoms with E-state index in [1.165, 1.54) is 14.2 Å². The Kier molecular flexibility index (Phi) is 10.9. The van der Waals surface area contributed by atoms with Crippen molar-refractivity contribution in [3.63, 3.8) is 0 Å². The summed E-state index contributed by atoms with van der Waals surface area (Å²) in [4.78, 5) is 43.0. The summed E-state index contributed by atoms with van der Waals surface area (Å²) in [5, 5.41) is 20.2. The molecule has 0 radical (unpaired) electrons. The highest BCUT2D eigenvalue weighted by atomic mass is 16.5. The zero-order valence-electron chi connectivity index (χ0n) is 30.7. The molecule has 52 heavy (non-hydrogen) atoms. The summed E-state index contributed by atoms with van der Waals surface area (Å²) in [5.41, 5.74) is 15.7. The summed E-state index contributed by atoms with van der Waals surface area (Å²) in [5.74, 6) is -0.640. The van der Waals surface area contributed by atoms with Crippen molar-refractivity contribution in [2.45, 2.75) is 66.2 Å². The number of hydrogen-bond acceptors (Lipinski definition) is 8. The maximum Gasteiger partial charge on any atom is 0.305 e. The van der Waals surface area contributed by atoms with Crippen LogP contribution in [-0.4, -0.2) is 69.5 Å². The van der Waals surface area contributed by atoms with Gasteiger partial charge in [0.25, 0.3) is 0 Å². The van der Waals surface area contributed by atoms with Gasteiger partial charge in [-0.25, -0.2) is 9.97 Å².